The van der Waals surface area contributed by atoms with E-state index >= 15 is 0 Å². The Morgan fingerprint density at radius 1 is 1.78 bits per heavy atom. The maximum Gasteiger partial charge on any atom is 0.149 e. The monoisotopic (exact) mass is 186 g/mol. The lowest BCUT2D eigenvalue weighted by Crippen LogP contribution is -1.97. The molecule has 0 N–H and O–H groups in total. The number of alkyl halides is 1. The minimum absolute atomic E-state index is 0.350. The highest BCUT2D eigenvalue weighted by atomic mass is 79.9. The fraction of sp³-hybridized carbons (Fsp3) is 0.286. The van der Waals surface area contributed by atoms with Crippen molar-refractivity contribution < 1.29 is 4.79 Å². The van der Waals surface area contributed by atoms with Crippen LogP contribution in [0.15, 0.2) is 23.8 Å². The minimum atomic E-state index is 0.350. The number of aldehydes is 1. The summed E-state index contributed by atoms with van der Waals surface area (Å²) in [5.74, 6) is 0. The topological polar surface area (TPSA) is 17.1 Å². The summed E-state index contributed by atoms with van der Waals surface area (Å²) in [6.45, 7) is 0. The van der Waals surface area contributed by atoms with E-state index in [1.807, 2.05) is 18.2 Å². The second kappa shape index (κ2) is 2.97. The third kappa shape index (κ3) is 1.79. The lowest BCUT2D eigenvalue weighted by Gasteiger charge is -2.04. The lowest BCUT2D eigenvalue weighted by atomic mass is 10.1. The zero-order chi connectivity index (χ0) is 6.69. The molecule has 1 nitrogen and oxygen atoms in total. The number of carbonyl (C=O) groups is 1. The van der Waals surface area contributed by atoms with Crippen LogP contribution in [0.2, 0.25) is 0 Å². The molecule has 0 aromatic carbocycles. The van der Waals surface area contributed by atoms with Gasteiger partial charge >= 0.3 is 0 Å². The average molecular weight is 187 g/mol. The molecular weight excluding hydrogens is 180 g/mol. The van der Waals surface area contributed by atoms with Crippen LogP contribution in [-0.4, -0.2) is 11.1 Å². The second-order valence-electron chi connectivity index (χ2n) is 1.94. The van der Waals surface area contributed by atoms with Crippen LogP contribution < -0.4 is 0 Å². The van der Waals surface area contributed by atoms with Gasteiger partial charge in [0, 0.05) is 10.4 Å². The van der Waals surface area contributed by atoms with Gasteiger partial charge in [0.05, 0.1) is 0 Å². The zero-order valence-corrected chi connectivity index (χ0v) is 6.47. The molecule has 48 valence electrons. The quantitative estimate of drug-likeness (QED) is 0.452. The first-order valence-corrected chi connectivity index (χ1v) is 3.72. The Labute approximate surface area is 62.6 Å². The molecule has 0 radical (unpaired) electrons. The van der Waals surface area contributed by atoms with E-state index in [-0.39, 0.29) is 0 Å². The van der Waals surface area contributed by atoms with Crippen molar-refractivity contribution in [2.45, 2.75) is 11.2 Å². The van der Waals surface area contributed by atoms with E-state index in [2.05, 4.69) is 15.9 Å². The summed E-state index contributed by atoms with van der Waals surface area (Å²) in [4.78, 5) is 10.5. The Balaban J connectivity index is 2.70. The van der Waals surface area contributed by atoms with E-state index in [0.29, 0.717) is 4.83 Å². The molecule has 9 heavy (non-hydrogen) atoms. The van der Waals surface area contributed by atoms with Gasteiger partial charge in [-0.2, -0.15) is 0 Å². The Bertz CT molecular complexity index is 170. The molecule has 1 atom stereocenters. The van der Waals surface area contributed by atoms with Gasteiger partial charge in [-0.15, -0.1) is 0 Å². The van der Waals surface area contributed by atoms with Gasteiger partial charge in [-0.05, 0) is 6.42 Å². The van der Waals surface area contributed by atoms with Crippen molar-refractivity contribution in [3.63, 3.8) is 0 Å². The number of halogens is 1. The molecule has 0 fully saturated rings. The molecule has 0 saturated heterocycles. The number of carbonyl (C=O) groups excluding carboxylic acids is 1. The molecule has 2 heteroatoms. The van der Waals surface area contributed by atoms with Crippen LogP contribution >= 0.6 is 15.9 Å². The van der Waals surface area contributed by atoms with Crippen LogP contribution in [0, 0.1) is 0 Å². The Morgan fingerprint density at radius 2 is 2.56 bits per heavy atom. The summed E-state index contributed by atoms with van der Waals surface area (Å²) in [5.41, 5.74) is 0.767. The van der Waals surface area contributed by atoms with E-state index < -0.39 is 0 Å². The highest BCUT2D eigenvalue weighted by molar-refractivity contribution is 9.09. The maximum absolute atomic E-state index is 10.2. The molecule has 0 spiro atoms. The molecular formula is C7H7BrO. The van der Waals surface area contributed by atoms with Gasteiger partial charge < -0.3 is 0 Å². The molecule has 1 unspecified atom stereocenters. The number of hydrogen-bond acceptors (Lipinski definition) is 1. The maximum atomic E-state index is 10.2. The summed E-state index contributed by atoms with van der Waals surface area (Å²) in [6.07, 6.45) is 7.59. The van der Waals surface area contributed by atoms with E-state index in [1.165, 1.54) is 0 Å². The Hall–Kier alpha value is -0.370. The van der Waals surface area contributed by atoms with Gasteiger partial charge in [-0.3, -0.25) is 4.79 Å². The lowest BCUT2D eigenvalue weighted by molar-refractivity contribution is -0.104. The van der Waals surface area contributed by atoms with Crippen molar-refractivity contribution >= 4 is 22.2 Å². The molecule has 0 heterocycles. The highest BCUT2D eigenvalue weighted by Crippen LogP contribution is 2.15. The first-order chi connectivity index (χ1) is 4.33. The van der Waals surface area contributed by atoms with Gasteiger partial charge in [-0.25, -0.2) is 0 Å². The summed E-state index contributed by atoms with van der Waals surface area (Å²) >= 11 is 3.38. The molecule has 0 saturated carbocycles. The summed E-state index contributed by atoms with van der Waals surface area (Å²) < 4.78 is 0. The average Bonchev–Trinajstić information content (AvgIpc) is 1.88. The third-order valence-corrected chi connectivity index (χ3v) is 1.82. The summed E-state index contributed by atoms with van der Waals surface area (Å²) in [7, 11) is 0. The molecule has 1 rings (SSSR count). The van der Waals surface area contributed by atoms with Gasteiger partial charge in [0.15, 0.2) is 0 Å². The normalized spacial score (nSPS) is 25.4. The predicted octanol–water partition coefficient (Wildman–Crippen LogP) is 1.84. The molecule has 0 bridgehead atoms. The molecule has 1 aliphatic rings. The van der Waals surface area contributed by atoms with Crippen molar-refractivity contribution in [3.8, 4) is 0 Å². The van der Waals surface area contributed by atoms with E-state index in [9.17, 15) is 4.79 Å². The molecule has 0 aliphatic heterocycles. The number of rotatable bonds is 1. The third-order valence-electron chi connectivity index (χ3n) is 1.18. The van der Waals surface area contributed by atoms with Gasteiger partial charge in [0.1, 0.15) is 6.29 Å². The highest BCUT2D eigenvalue weighted by Gasteiger charge is 2.02. The van der Waals surface area contributed by atoms with E-state index in [1.54, 1.807) is 0 Å². The predicted molar refractivity (Wildman–Crippen MR) is 40.6 cm³/mol. The SMILES string of the molecule is O=CC1=CC(Br)CC=C1. The van der Waals surface area contributed by atoms with Crippen LogP contribution in [0.3, 0.4) is 0 Å². The van der Waals surface area contributed by atoms with Crippen molar-refractivity contribution in [2.24, 2.45) is 0 Å². The van der Waals surface area contributed by atoms with Crippen LogP contribution in [0.25, 0.3) is 0 Å². The molecule has 0 aromatic heterocycles. The van der Waals surface area contributed by atoms with Gasteiger partial charge in [0.2, 0.25) is 0 Å². The smallest absolute Gasteiger partial charge is 0.149 e. The number of hydrogen-bond donors (Lipinski definition) is 0. The Morgan fingerprint density at radius 3 is 3.00 bits per heavy atom. The van der Waals surface area contributed by atoms with Crippen LogP contribution in [0.5, 0.6) is 0 Å². The minimum Gasteiger partial charge on any atom is -0.298 e. The van der Waals surface area contributed by atoms with Crippen molar-refractivity contribution in [3.05, 3.63) is 23.8 Å². The van der Waals surface area contributed by atoms with Crippen LogP contribution in [0.1, 0.15) is 6.42 Å². The summed E-state index contributed by atoms with van der Waals surface area (Å²) in [6, 6.07) is 0. The van der Waals surface area contributed by atoms with Gasteiger partial charge in [-0.1, -0.05) is 34.2 Å². The molecule has 1 aliphatic carbocycles. The Kier molecular flexibility index (Phi) is 2.22. The first kappa shape index (κ1) is 6.75. The molecule has 0 amide bonds. The zero-order valence-electron chi connectivity index (χ0n) is 4.88. The second-order valence-corrected chi connectivity index (χ2v) is 3.11. The van der Waals surface area contributed by atoms with Crippen molar-refractivity contribution in [2.75, 3.05) is 0 Å². The van der Waals surface area contributed by atoms with Crippen molar-refractivity contribution in [1.82, 2.24) is 0 Å². The number of allylic oxidation sites excluding steroid dienone is 4. The first-order valence-electron chi connectivity index (χ1n) is 2.80. The fourth-order valence-electron chi connectivity index (χ4n) is 0.745. The summed E-state index contributed by atoms with van der Waals surface area (Å²) in [5, 5.41) is 0. The van der Waals surface area contributed by atoms with Crippen LogP contribution in [0.4, 0.5) is 0 Å². The molecule has 0 aromatic rings. The standard InChI is InChI=1S/C7H7BrO/c8-7-3-1-2-6(4-7)5-9/h1-2,4-5,7H,3H2. The van der Waals surface area contributed by atoms with Gasteiger partial charge in [0.25, 0.3) is 0 Å². The largest absolute Gasteiger partial charge is 0.298 e. The van der Waals surface area contributed by atoms with Crippen LogP contribution in [-0.2, 0) is 4.79 Å². The van der Waals surface area contributed by atoms with Crippen molar-refractivity contribution in [1.29, 1.82) is 0 Å². The van der Waals surface area contributed by atoms with E-state index in [4.69, 9.17) is 0 Å². The van der Waals surface area contributed by atoms with E-state index in [0.717, 1.165) is 18.3 Å². The fourth-order valence-corrected chi connectivity index (χ4v) is 1.27.